The van der Waals surface area contributed by atoms with Crippen molar-refractivity contribution in [1.29, 1.82) is 0 Å². The van der Waals surface area contributed by atoms with Crippen molar-refractivity contribution < 1.29 is 0 Å². The average molecular weight is 752 g/mol. The minimum Gasteiger partial charge on any atom is -0.208 e. The van der Waals surface area contributed by atoms with Gasteiger partial charge in [-0.15, -0.1) is 0 Å². The van der Waals surface area contributed by atoms with E-state index < -0.39 is 0 Å². The summed E-state index contributed by atoms with van der Waals surface area (Å²) in [6, 6.07) is 68.0. The minimum atomic E-state index is -0.134. The highest BCUT2D eigenvalue weighted by atomic mass is 15.0. The molecule has 11 aromatic rings. The molecule has 1 aliphatic carbocycles. The summed E-state index contributed by atoms with van der Waals surface area (Å²) in [5, 5.41) is 11.8. The molecule has 12 rings (SSSR count). The van der Waals surface area contributed by atoms with E-state index in [9.17, 15) is 0 Å². The fraction of sp³-hybridized carbons (Fsp3) is 0.0536. The molecule has 0 spiro atoms. The SMILES string of the molecule is CC1(C)c2ccccc2-c2cccc(-c3ccc4cccc(-c5nc(-c6ccc7ccc8ccccc8c7c6)nc(-c6ccc7ccc8ccccc8c7c6)n5)c4c3)c21. The normalized spacial score (nSPS) is 13.1. The van der Waals surface area contributed by atoms with Crippen molar-refractivity contribution in [2.75, 3.05) is 0 Å². The number of aromatic nitrogens is 3. The van der Waals surface area contributed by atoms with Crippen LogP contribution in [0.3, 0.4) is 0 Å². The predicted octanol–water partition coefficient (Wildman–Crippen LogP) is 14.6. The maximum absolute atomic E-state index is 5.34. The van der Waals surface area contributed by atoms with Crippen molar-refractivity contribution in [3.63, 3.8) is 0 Å². The van der Waals surface area contributed by atoms with Gasteiger partial charge in [0.05, 0.1) is 0 Å². The van der Waals surface area contributed by atoms with E-state index in [0.29, 0.717) is 17.5 Å². The number of hydrogen-bond acceptors (Lipinski definition) is 3. The van der Waals surface area contributed by atoms with E-state index in [0.717, 1.165) is 27.5 Å². The standard InChI is InChI=1S/C56H37N3/c1-56(2)51-20-8-7-16-45(51)46-18-10-17-44(52(46)56)39-28-25-36-13-9-19-47(50(36)31-39)55-58-53(40-29-26-37-23-21-34-11-3-5-14-42(34)48(37)32-40)57-54(59-55)41-30-27-38-24-22-35-12-4-6-15-43(35)49(38)33-41/h3-33H,1-2H3. The third-order valence-corrected chi connectivity index (χ3v) is 12.7. The lowest BCUT2D eigenvalue weighted by atomic mass is 9.78. The van der Waals surface area contributed by atoms with Gasteiger partial charge in [-0.25, -0.2) is 15.0 Å². The van der Waals surface area contributed by atoms with Gasteiger partial charge in [0.15, 0.2) is 17.5 Å². The highest BCUT2D eigenvalue weighted by Crippen LogP contribution is 2.52. The van der Waals surface area contributed by atoms with Crippen LogP contribution in [0.15, 0.2) is 188 Å². The maximum Gasteiger partial charge on any atom is 0.164 e. The molecule has 10 aromatic carbocycles. The second-order valence-corrected chi connectivity index (χ2v) is 16.4. The molecular weight excluding hydrogens is 715 g/mol. The molecular formula is C56H37N3. The molecule has 0 bridgehead atoms. The van der Waals surface area contributed by atoms with Gasteiger partial charge in [-0.1, -0.05) is 184 Å². The Kier molecular flexibility index (Phi) is 7.27. The quantitative estimate of drug-likeness (QED) is 0.168. The van der Waals surface area contributed by atoms with E-state index in [4.69, 9.17) is 15.0 Å². The van der Waals surface area contributed by atoms with Gasteiger partial charge in [0.1, 0.15) is 0 Å². The lowest BCUT2D eigenvalue weighted by Gasteiger charge is -2.24. The Balaban J connectivity index is 1.08. The molecule has 0 saturated carbocycles. The van der Waals surface area contributed by atoms with Crippen molar-refractivity contribution in [2.24, 2.45) is 0 Å². The van der Waals surface area contributed by atoms with E-state index in [1.807, 2.05) is 0 Å². The molecule has 3 nitrogen and oxygen atoms in total. The van der Waals surface area contributed by atoms with Gasteiger partial charge in [-0.05, 0) is 105 Å². The molecule has 0 atom stereocenters. The van der Waals surface area contributed by atoms with E-state index in [1.54, 1.807) is 0 Å². The number of nitrogens with zero attached hydrogens (tertiary/aromatic N) is 3. The van der Waals surface area contributed by atoms with Gasteiger partial charge in [0.2, 0.25) is 0 Å². The first-order valence-corrected chi connectivity index (χ1v) is 20.3. The Labute approximate surface area is 342 Å². The van der Waals surface area contributed by atoms with Crippen LogP contribution in [0.2, 0.25) is 0 Å². The fourth-order valence-electron chi connectivity index (χ4n) is 9.76. The molecule has 0 saturated heterocycles. The van der Waals surface area contributed by atoms with Crippen LogP contribution in [0, 0.1) is 0 Å². The Bertz CT molecular complexity index is 3410. The van der Waals surface area contributed by atoms with Crippen molar-refractivity contribution in [2.45, 2.75) is 19.3 Å². The Morgan fingerprint density at radius 1 is 0.305 bits per heavy atom. The second-order valence-electron chi connectivity index (χ2n) is 16.4. The van der Waals surface area contributed by atoms with Crippen LogP contribution in [0.25, 0.3) is 110 Å². The number of fused-ring (bicyclic) bond motifs is 10. The summed E-state index contributed by atoms with van der Waals surface area (Å²) in [6.45, 7) is 4.71. The Hall–Kier alpha value is -7.49. The summed E-state index contributed by atoms with van der Waals surface area (Å²) in [7, 11) is 0. The zero-order valence-corrected chi connectivity index (χ0v) is 32.7. The number of benzene rings is 10. The van der Waals surface area contributed by atoms with Crippen molar-refractivity contribution >= 4 is 53.9 Å². The topological polar surface area (TPSA) is 38.7 Å². The third kappa shape index (κ3) is 5.25. The number of rotatable bonds is 4. The molecule has 0 amide bonds. The molecule has 1 aliphatic rings. The first-order valence-electron chi connectivity index (χ1n) is 20.3. The van der Waals surface area contributed by atoms with Crippen LogP contribution in [-0.2, 0) is 5.41 Å². The summed E-state index contributed by atoms with van der Waals surface area (Å²) in [5.74, 6) is 1.94. The zero-order chi connectivity index (χ0) is 39.2. The molecule has 0 unspecified atom stereocenters. The van der Waals surface area contributed by atoms with Crippen LogP contribution in [0.5, 0.6) is 0 Å². The van der Waals surface area contributed by atoms with Crippen LogP contribution >= 0.6 is 0 Å². The molecule has 1 aromatic heterocycles. The first-order chi connectivity index (χ1) is 29.0. The van der Waals surface area contributed by atoms with Crippen LogP contribution < -0.4 is 0 Å². The largest absolute Gasteiger partial charge is 0.208 e. The summed E-state index contributed by atoms with van der Waals surface area (Å²) >= 11 is 0. The first kappa shape index (κ1) is 33.6. The molecule has 0 N–H and O–H groups in total. The van der Waals surface area contributed by atoms with Gasteiger partial charge in [0, 0.05) is 22.1 Å². The fourth-order valence-corrected chi connectivity index (χ4v) is 9.76. The molecule has 0 aliphatic heterocycles. The molecule has 0 radical (unpaired) electrons. The van der Waals surface area contributed by atoms with Crippen molar-refractivity contribution in [3.8, 4) is 56.4 Å². The highest BCUT2D eigenvalue weighted by Gasteiger charge is 2.37. The molecule has 3 heteroatoms. The van der Waals surface area contributed by atoms with Gasteiger partial charge in [-0.3, -0.25) is 0 Å². The van der Waals surface area contributed by atoms with Gasteiger partial charge in [0.25, 0.3) is 0 Å². The smallest absolute Gasteiger partial charge is 0.164 e. The monoisotopic (exact) mass is 751 g/mol. The maximum atomic E-state index is 5.34. The minimum absolute atomic E-state index is 0.134. The van der Waals surface area contributed by atoms with Gasteiger partial charge >= 0.3 is 0 Å². The predicted molar refractivity (Wildman–Crippen MR) is 247 cm³/mol. The zero-order valence-electron chi connectivity index (χ0n) is 32.7. The molecule has 276 valence electrons. The van der Waals surface area contributed by atoms with Gasteiger partial charge in [-0.2, -0.15) is 0 Å². The van der Waals surface area contributed by atoms with Crippen LogP contribution in [-0.4, -0.2) is 15.0 Å². The summed E-state index contributed by atoms with van der Waals surface area (Å²) < 4.78 is 0. The Morgan fingerprint density at radius 2 is 0.729 bits per heavy atom. The third-order valence-electron chi connectivity index (χ3n) is 12.7. The summed E-state index contributed by atoms with van der Waals surface area (Å²) in [5.41, 5.74) is 10.6. The summed E-state index contributed by atoms with van der Waals surface area (Å²) in [4.78, 5) is 15.9. The summed E-state index contributed by atoms with van der Waals surface area (Å²) in [6.07, 6.45) is 0. The van der Waals surface area contributed by atoms with E-state index in [2.05, 4.69) is 202 Å². The lowest BCUT2D eigenvalue weighted by molar-refractivity contribution is 0.662. The van der Waals surface area contributed by atoms with E-state index in [1.165, 1.54) is 76.5 Å². The van der Waals surface area contributed by atoms with E-state index >= 15 is 0 Å². The van der Waals surface area contributed by atoms with Crippen molar-refractivity contribution in [1.82, 2.24) is 15.0 Å². The lowest BCUT2D eigenvalue weighted by Crippen LogP contribution is -2.16. The van der Waals surface area contributed by atoms with Crippen LogP contribution in [0.1, 0.15) is 25.0 Å². The average Bonchev–Trinajstić information content (AvgIpc) is 3.54. The molecule has 0 fully saturated rings. The van der Waals surface area contributed by atoms with Crippen molar-refractivity contribution in [3.05, 3.63) is 199 Å². The van der Waals surface area contributed by atoms with E-state index in [-0.39, 0.29) is 5.41 Å². The molecule has 1 heterocycles. The van der Waals surface area contributed by atoms with Crippen LogP contribution in [0.4, 0.5) is 0 Å². The molecule has 59 heavy (non-hydrogen) atoms. The second kappa shape index (κ2) is 12.8. The van der Waals surface area contributed by atoms with Gasteiger partial charge < -0.3 is 0 Å². The Morgan fingerprint density at radius 3 is 1.39 bits per heavy atom. The number of hydrogen-bond donors (Lipinski definition) is 0. The highest BCUT2D eigenvalue weighted by molar-refractivity contribution is 6.10.